The summed E-state index contributed by atoms with van der Waals surface area (Å²) in [6.07, 6.45) is 12.7. The first-order valence-corrected chi connectivity index (χ1v) is 7.71. The number of allylic oxidation sites excluding steroid dienone is 3. The van der Waals surface area contributed by atoms with Gasteiger partial charge in [0.2, 0.25) is 0 Å². The van der Waals surface area contributed by atoms with E-state index in [1.165, 1.54) is 35.9 Å². The summed E-state index contributed by atoms with van der Waals surface area (Å²) in [7, 11) is 0. The first-order chi connectivity index (χ1) is 9.78. The molecule has 0 heterocycles. The van der Waals surface area contributed by atoms with E-state index < -0.39 is 0 Å². The van der Waals surface area contributed by atoms with E-state index in [1.54, 1.807) is 0 Å². The van der Waals surface area contributed by atoms with Crippen LogP contribution in [0.25, 0.3) is 0 Å². The Morgan fingerprint density at radius 3 is 2.30 bits per heavy atom. The van der Waals surface area contributed by atoms with Crippen LogP contribution in [0, 0.1) is 0 Å². The lowest BCUT2D eigenvalue weighted by Gasteiger charge is -2.18. The van der Waals surface area contributed by atoms with Crippen molar-refractivity contribution in [1.29, 1.82) is 0 Å². The predicted octanol–water partition coefficient (Wildman–Crippen LogP) is 4.83. The van der Waals surface area contributed by atoms with Gasteiger partial charge in [-0.25, -0.2) is 0 Å². The molecule has 0 radical (unpaired) electrons. The smallest absolute Gasteiger partial charge is 0.104 e. The molecule has 0 saturated heterocycles. The summed E-state index contributed by atoms with van der Waals surface area (Å²) in [5, 5.41) is 0. The Labute approximate surface area is 125 Å². The van der Waals surface area contributed by atoms with Gasteiger partial charge in [0.1, 0.15) is 0 Å². The maximum Gasteiger partial charge on any atom is 0.183 e. The van der Waals surface area contributed by atoms with Gasteiger partial charge < -0.3 is 0 Å². The third-order valence-corrected chi connectivity index (χ3v) is 3.80. The van der Waals surface area contributed by atoms with Crippen LogP contribution in [-0.2, 0) is 12.8 Å². The standard InChI is InChI=1S/C19H27B/c1-5-9-12-17-13-10-14-19(18(17)11-6-2)20(15-7-3)16-8-4/h6-8,10,13-14H,2-5,9,11-12,15-16H2,1H3. The van der Waals surface area contributed by atoms with Crippen LogP contribution in [0.15, 0.2) is 56.2 Å². The third kappa shape index (κ3) is 4.56. The van der Waals surface area contributed by atoms with E-state index in [1.807, 2.05) is 18.2 Å². The maximum atomic E-state index is 3.93. The lowest BCUT2D eigenvalue weighted by molar-refractivity contribution is 0.790. The summed E-state index contributed by atoms with van der Waals surface area (Å²) in [5.74, 6) is 0. The molecule has 0 saturated carbocycles. The minimum Gasteiger partial charge on any atom is -0.104 e. The van der Waals surface area contributed by atoms with Crippen LogP contribution >= 0.6 is 0 Å². The predicted molar refractivity (Wildman–Crippen MR) is 94.4 cm³/mol. The van der Waals surface area contributed by atoms with Gasteiger partial charge in [0.15, 0.2) is 6.71 Å². The Bertz CT molecular complexity index is 435. The first-order valence-electron chi connectivity index (χ1n) is 7.71. The minimum atomic E-state index is 0.501. The Kier molecular flexibility index (Phi) is 7.80. The van der Waals surface area contributed by atoms with Crippen molar-refractivity contribution in [2.24, 2.45) is 0 Å². The van der Waals surface area contributed by atoms with Crippen LogP contribution in [0.4, 0.5) is 0 Å². The molecule has 0 aliphatic rings. The zero-order valence-electron chi connectivity index (χ0n) is 12.9. The second-order valence-electron chi connectivity index (χ2n) is 5.33. The second-order valence-corrected chi connectivity index (χ2v) is 5.33. The minimum absolute atomic E-state index is 0.501. The number of hydrogen-bond acceptors (Lipinski definition) is 0. The highest BCUT2D eigenvalue weighted by Gasteiger charge is 2.18. The van der Waals surface area contributed by atoms with Crippen LogP contribution < -0.4 is 5.46 Å². The Morgan fingerprint density at radius 2 is 1.75 bits per heavy atom. The number of hydrogen-bond donors (Lipinski definition) is 0. The average Bonchev–Trinajstić information content (AvgIpc) is 2.46. The molecule has 106 valence electrons. The molecule has 20 heavy (non-hydrogen) atoms. The Balaban J connectivity index is 3.16. The van der Waals surface area contributed by atoms with Gasteiger partial charge in [-0.1, -0.05) is 67.9 Å². The third-order valence-electron chi connectivity index (χ3n) is 3.80. The molecule has 0 atom stereocenters. The molecule has 1 aromatic rings. The number of aryl methyl sites for hydroxylation is 1. The van der Waals surface area contributed by atoms with E-state index in [2.05, 4.69) is 44.9 Å². The summed E-state index contributed by atoms with van der Waals surface area (Å²) >= 11 is 0. The molecule has 0 aromatic heterocycles. The summed E-state index contributed by atoms with van der Waals surface area (Å²) < 4.78 is 0. The van der Waals surface area contributed by atoms with Crippen molar-refractivity contribution in [3.63, 3.8) is 0 Å². The zero-order valence-corrected chi connectivity index (χ0v) is 12.9. The zero-order chi connectivity index (χ0) is 14.8. The largest absolute Gasteiger partial charge is 0.183 e. The van der Waals surface area contributed by atoms with Crippen molar-refractivity contribution in [1.82, 2.24) is 0 Å². The average molecular weight is 266 g/mol. The molecule has 0 aliphatic carbocycles. The molecule has 1 rings (SSSR count). The van der Waals surface area contributed by atoms with Crippen LogP contribution in [0.1, 0.15) is 30.9 Å². The summed E-state index contributed by atoms with van der Waals surface area (Å²) in [5.41, 5.74) is 4.42. The molecule has 0 bridgehead atoms. The fourth-order valence-corrected chi connectivity index (χ4v) is 2.78. The second kappa shape index (κ2) is 9.42. The van der Waals surface area contributed by atoms with Crippen LogP contribution in [0.5, 0.6) is 0 Å². The topological polar surface area (TPSA) is 0 Å². The highest BCUT2D eigenvalue weighted by atomic mass is 14.1. The Hall–Kier alpha value is -1.50. The normalized spacial score (nSPS) is 10.1. The van der Waals surface area contributed by atoms with Crippen LogP contribution in [0.2, 0.25) is 12.6 Å². The van der Waals surface area contributed by atoms with E-state index in [0.29, 0.717) is 6.71 Å². The highest BCUT2D eigenvalue weighted by molar-refractivity contribution is 6.74. The molecule has 0 unspecified atom stereocenters. The van der Waals surface area contributed by atoms with Crippen molar-refractivity contribution < 1.29 is 0 Å². The lowest BCUT2D eigenvalue weighted by atomic mass is 9.39. The maximum absolute atomic E-state index is 3.93. The molecule has 0 spiro atoms. The van der Waals surface area contributed by atoms with Gasteiger partial charge in [0, 0.05) is 0 Å². The van der Waals surface area contributed by atoms with Crippen LogP contribution in [0.3, 0.4) is 0 Å². The van der Waals surface area contributed by atoms with Gasteiger partial charge in [0.25, 0.3) is 0 Å². The van der Waals surface area contributed by atoms with Crippen molar-refractivity contribution in [2.75, 3.05) is 0 Å². The molecular weight excluding hydrogens is 239 g/mol. The molecule has 0 N–H and O–H groups in total. The monoisotopic (exact) mass is 266 g/mol. The van der Waals surface area contributed by atoms with Crippen molar-refractivity contribution in [2.45, 2.75) is 45.2 Å². The summed E-state index contributed by atoms with van der Waals surface area (Å²) in [4.78, 5) is 0. The van der Waals surface area contributed by atoms with E-state index in [4.69, 9.17) is 0 Å². The van der Waals surface area contributed by atoms with Gasteiger partial charge in [-0.15, -0.1) is 19.7 Å². The summed E-state index contributed by atoms with van der Waals surface area (Å²) in [6, 6.07) is 6.74. The first kappa shape index (κ1) is 16.6. The number of rotatable bonds is 10. The lowest BCUT2D eigenvalue weighted by Crippen LogP contribution is -2.32. The van der Waals surface area contributed by atoms with E-state index in [-0.39, 0.29) is 0 Å². The Morgan fingerprint density at radius 1 is 1.05 bits per heavy atom. The molecule has 0 fully saturated rings. The van der Waals surface area contributed by atoms with Crippen molar-refractivity contribution in [3.05, 3.63) is 67.3 Å². The molecule has 0 amide bonds. The quantitative estimate of drug-likeness (QED) is 0.420. The van der Waals surface area contributed by atoms with Crippen molar-refractivity contribution in [3.8, 4) is 0 Å². The molecule has 1 heteroatoms. The van der Waals surface area contributed by atoms with Gasteiger partial charge in [-0.2, -0.15) is 0 Å². The van der Waals surface area contributed by atoms with E-state index >= 15 is 0 Å². The van der Waals surface area contributed by atoms with Gasteiger partial charge in [-0.3, -0.25) is 0 Å². The van der Waals surface area contributed by atoms with Gasteiger partial charge >= 0.3 is 0 Å². The summed E-state index contributed by atoms with van der Waals surface area (Å²) in [6.45, 7) is 14.5. The SMILES string of the molecule is C=CCB(CC=C)c1cccc(CCCC)c1CC=C. The van der Waals surface area contributed by atoms with Crippen LogP contribution in [-0.4, -0.2) is 6.71 Å². The van der Waals surface area contributed by atoms with E-state index in [9.17, 15) is 0 Å². The van der Waals surface area contributed by atoms with Gasteiger partial charge in [0.05, 0.1) is 0 Å². The van der Waals surface area contributed by atoms with Crippen molar-refractivity contribution >= 4 is 12.2 Å². The number of benzene rings is 1. The fraction of sp³-hybridized carbons (Fsp3) is 0.368. The van der Waals surface area contributed by atoms with E-state index in [0.717, 1.165) is 19.1 Å². The molecule has 0 nitrogen and oxygen atoms in total. The highest BCUT2D eigenvalue weighted by Crippen LogP contribution is 2.15. The molecule has 1 aromatic carbocycles. The van der Waals surface area contributed by atoms with Gasteiger partial charge in [-0.05, 0) is 30.4 Å². The fourth-order valence-electron chi connectivity index (χ4n) is 2.78. The molecular formula is C19H27B. The number of unbranched alkanes of at least 4 members (excludes halogenated alkanes) is 1. The molecule has 0 aliphatic heterocycles.